The number of hydrogen-bond acceptors (Lipinski definition) is 5. The van der Waals surface area contributed by atoms with Gasteiger partial charge >= 0.3 is 0 Å². The molecule has 2 aromatic carbocycles. The maximum atomic E-state index is 12.2. The van der Waals surface area contributed by atoms with Crippen molar-refractivity contribution in [3.63, 3.8) is 0 Å². The van der Waals surface area contributed by atoms with Gasteiger partial charge in [-0.25, -0.2) is 5.01 Å². The predicted molar refractivity (Wildman–Crippen MR) is 93.0 cm³/mol. The number of amidine groups is 1. The number of aliphatic hydroxyl groups is 1. The van der Waals surface area contributed by atoms with Gasteiger partial charge < -0.3 is 5.11 Å². The first kappa shape index (κ1) is 16.6. The highest BCUT2D eigenvalue weighted by molar-refractivity contribution is 7.90. The topological polar surface area (TPSA) is 82.3 Å². The van der Waals surface area contributed by atoms with E-state index in [0.29, 0.717) is 16.1 Å². The van der Waals surface area contributed by atoms with Gasteiger partial charge in [-0.2, -0.15) is 13.5 Å². The highest BCUT2D eigenvalue weighted by Gasteiger charge is 2.31. The molecule has 1 heterocycles. The van der Waals surface area contributed by atoms with Crippen molar-refractivity contribution in [3.05, 3.63) is 64.7 Å². The third kappa shape index (κ3) is 3.19. The molecule has 8 heteroatoms. The number of fused-ring (bicyclic) bond motifs is 1. The standard InChI is InChI=1S/C16H14ClN3O3S/c17-14-7-3-1-5-12(14)11-18-20(9-10-21)16-13-6-2-4-8-15(13)24(22,23)19-16/h1-8,11,21H,9-10H2/b18-11+. The van der Waals surface area contributed by atoms with Crippen LogP contribution in [0.4, 0.5) is 0 Å². The van der Waals surface area contributed by atoms with Crippen LogP contribution in [0.25, 0.3) is 0 Å². The van der Waals surface area contributed by atoms with Crippen LogP contribution >= 0.6 is 11.6 Å². The molecular formula is C16H14ClN3O3S. The molecule has 24 heavy (non-hydrogen) atoms. The fraction of sp³-hybridized carbons (Fsp3) is 0.125. The number of sulfonamides is 1. The number of benzene rings is 2. The van der Waals surface area contributed by atoms with Crippen molar-refractivity contribution in [1.82, 2.24) is 5.01 Å². The summed E-state index contributed by atoms with van der Waals surface area (Å²) in [5.41, 5.74) is 1.14. The second kappa shape index (κ2) is 6.72. The van der Waals surface area contributed by atoms with E-state index in [-0.39, 0.29) is 23.9 Å². The molecule has 0 spiro atoms. The molecule has 1 N–H and O–H groups in total. The average Bonchev–Trinajstić information content (AvgIpc) is 2.85. The highest BCUT2D eigenvalue weighted by Crippen LogP contribution is 2.27. The molecule has 0 amide bonds. The molecule has 1 aliphatic rings. The zero-order valence-corrected chi connectivity index (χ0v) is 14.1. The zero-order valence-electron chi connectivity index (χ0n) is 12.5. The minimum atomic E-state index is -3.74. The summed E-state index contributed by atoms with van der Waals surface area (Å²) in [4.78, 5) is 0.135. The van der Waals surface area contributed by atoms with E-state index in [1.54, 1.807) is 36.4 Å². The average molecular weight is 364 g/mol. The second-order valence-electron chi connectivity index (χ2n) is 5.00. The third-order valence-corrected chi connectivity index (χ3v) is 5.08. The molecule has 0 bridgehead atoms. The van der Waals surface area contributed by atoms with E-state index in [1.165, 1.54) is 17.3 Å². The van der Waals surface area contributed by atoms with E-state index in [9.17, 15) is 13.5 Å². The summed E-state index contributed by atoms with van der Waals surface area (Å²) in [7, 11) is -3.74. The van der Waals surface area contributed by atoms with E-state index >= 15 is 0 Å². The van der Waals surface area contributed by atoms with Crippen LogP contribution in [0.2, 0.25) is 5.02 Å². The number of halogens is 1. The minimum Gasteiger partial charge on any atom is -0.394 e. The highest BCUT2D eigenvalue weighted by atomic mass is 35.5. The molecule has 0 aromatic heterocycles. The largest absolute Gasteiger partial charge is 0.394 e. The van der Waals surface area contributed by atoms with Gasteiger partial charge in [0.05, 0.1) is 19.4 Å². The number of aliphatic hydroxyl groups excluding tert-OH is 1. The molecular weight excluding hydrogens is 350 g/mol. The van der Waals surface area contributed by atoms with Crippen molar-refractivity contribution in [3.8, 4) is 0 Å². The predicted octanol–water partition coefficient (Wildman–Crippen LogP) is 2.12. The monoisotopic (exact) mass is 363 g/mol. The molecule has 0 atom stereocenters. The van der Waals surface area contributed by atoms with Gasteiger partial charge in [0.15, 0.2) is 5.84 Å². The van der Waals surface area contributed by atoms with Crippen LogP contribution in [0.15, 0.2) is 62.9 Å². The summed E-state index contributed by atoms with van der Waals surface area (Å²) >= 11 is 6.09. The number of hydrazone groups is 1. The maximum Gasteiger partial charge on any atom is 0.285 e. The Kier molecular flexibility index (Phi) is 4.66. The first-order valence-corrected chi connectivity index (χ1v) is 8.96. The van der Waals surface area contributed by atoms with Crippen molar-refractivity contribution in [1.29, 1.82) is 0 Å². The summed E-state index contributed by atoms with van der Waals surface area (Å²) in [6, 6.07) is 13.6. The van der Waals surface area contributed by atoms with Crippen molar-refractivity contribution >= 4 is 33.7 Å². The lowest BCUT2D eigenvalue weighted by Gasteiger charge is -2.17. The number of nitrogens with zero attached hydrogens (tertiary/aromatic N) is 3. The lowest BCUT2D eigenvalue weighted by atomic mass is 10.2. The number of rotatable bonds is 4. The Hall–Kier alpha value is -2.22. The zero-order chi connectivity index (χ0) is 17.2. The van der Waals surface area contributed by atoms with E-state index < -0.39 is 10.0 Å². The van der Waals surface area contributed by atoms with Crippen LogP contribution in [0.5, 0.6) is 0 Å². The Labute approximate surface area is 144 Å². The van der Waals surface area contributed by atoms with Gasteiger partial charge in [0.1, 0.15) is 4.90 Å². The van der Waals surface area contributed by atoms with Crippen LogP contribution in [0.3, 0.4) is 0 Å². The molecule has 1 aliphatic heterocycles. The molecule has 0 saturated heterocycles. The smallest absolute Gasteiger partial charge is 0.285 e. The fourth-order valence-corrected chi connectivity index (χ4v) is 3.69. The summed E-state index contributed by atoms with van der Waals surface area (Å²) in [6.07, 6.45) is 1.51. The lowest BCUT2D eigenvalue weighted by Crippen LogP contribution is -2.28. The van der Waals surface area contributed by atoms with E-state index in [4.69, 9.17) is 11.6 Å². The van der Waals surface area contributed by atoms with Gasteiger partial charge in [0.2, 0.25) is 0 Å². The van der Waals surface area contributed by atoms with E-state index in [2.05, 4.69) is 9.50 Å². The Bertz CT molecular complexity index is 926. The second-order valence-corrected chi connectivity index (χ2v) is 6.98. The quantitative estimate of drug-likeness (QED) is 0.666. The molecule has 2 aromatic rings. The maximum absolute atomic E-state index is 12.2. The molecule has 0 radical (unpaired) electrons. The fourth-order valence-electron chi connectivity index (χ4n) is 2.30. The van der Waals surface area contributed by atoms with Crippen LogP contribution in [-0.4, -0.2) is 43.7 Å². The molecule has 0 aliphatic carbocycles. The Morgan fingerprint density at radius 1 is 1.17 bits per heavy atom. The third-order valence-electron chi connectivity index (χ3n) is 3.41. The molecule has 0 saturated carbocycles. The lowest BCUT2D eigenvalue weighted by molar-refractivity contribution is 0.254. The van der Waals surface area contributed by atoms with Gasteiger partial charge in [-0.1, -0.05) is 41.9 Å². The first-order chi connectivity index (χ1) is 11.5. The van der Waals surface area contributed by atoms with E-state index in [0.717, 1.165) is 0 Å². The van der Waals surface area contributed by atoms with Crippen molar-refractivity contribution < 1.29 is 13.5 Å². The molecule has 0 fully saturated rings. The summed E-state index contributed by atoms with van der Waals surface area (Å²) in [5.74, 6) is 0.183. The van der Waals surface area contributed by atoms with Gasteiger partial charge in [0, 0.05) is 16.1 Å². The van der Waals surface area contributed by atoms with Gasteiger partial charge in [-0.15, -0.1) is 4.40 Å². The molecule has 6 nitrogen and oxygen atoms in total. The van der Waals surface area contributed by atoms with E-state index in [1.807, 2.05) is 6.07 Å². The van der Waals surface area contributed by atoms with Gasteiger partial charge in [0.25, 0.3) is 10.0 Å². The summed E-state index contributed by atoms with van der Waals surface area (Å²) < 4.78 is 28.1. The van der Waals surface area contributed by atoms with Crippen molar-refractivity contribution in [2.75, 3.05) is 13.2 Å². The van der Waals surface area contributed by atoms with Crippen molar-refractivity contribution in [2.45, 2.75) is 4.90 Å². The minimum absolute atomic E-state index is 0.101. The Balaban J connectivity index is 2.00. The molecule has 0 unspecified atom stereocenters. The van der Waals surface area contributed by atoms with Crippen LogP contribution in [-0.2, 0) is 10.0 Å². The molecule has 124 valence electrons. The van der Waals surface area contributed by atoms with Crippen molar-refractivity contribution in [2.24, 2.45) is 9.50 Å². The normalized spacial score (nSPS) is 15.3. The Morgan fingerprint density at radius 2 is 1.88 bits per heavy atom. The summed E-state index contributed by atoms with van der Waals surface area (Å²) in [6.45, 7) is -0.106. The molecule has 3 rings (SSSR count). The Morgan fingerprint density at radius 3 is 2.62 bits per heavy atom. The van der Waals surface area contributed by atoms with Crippen LogP contribution < -0.4 is 0 Å². The summed E-state index contributed by atoms with van der Waals surface area (Å²) in [5, 5.41) is 15.4. The van der Waals surface area contributed by atoms with Gasteiger partial charge in [-0.05, 0) is 18.2 Å². The first-order valence-electron chi connectivity index (χ1n) is 7.14. The SMILES string of the molecule is O=S1(=O)N=C(N(CCO)/N=C/c2ccccc2Cl)c2ccccc21. The van der Waals surface area contributed by atoms with Crippen LogP contribution in [0, 0.1) is 0 Å². The van der Waals surface area contributed by atoms with Gasteiger partial charge in [-0.3, -0.25) is 0 Å². The number of hydrogen-bond donors (Lipinski definition) is 1. The van der Waals surface area contributed by atoms with Crippen LogP contribution in [0.1, 0.15) is 11.1 Å².